The van der Waals surface area contributed by atoms with Crippen molar-refractivity contribution in [2.75, 3.05) is 60.3 Å². The predicted octanol–water partition coefficient (Wildman–Crippen LogP) is 1.62. The van der Waals surface area contributed by atoms with Crippen molar-refractivity contribution in [1.29, 1.82) is 0 Å². The third kappa shape index (κ3) is 4.72. The number of rotatable bonds is 7. The fourth-order valence-corrected chi connectivity index (χ4v) is 3.79. The summed E-state index contributed by atoms with van der Waals surface area (Å²) in [7, 11) is 3.12. The number of carbonyl (C=O) groups excluding carboxylic acids is 2. The van der Waals surface area contributed by atoms with Crippen LogP contribution in [-0.4, -0.2) is 81.9 Å². The number of ether oxygens (including phenoxy) is 4. The Morgan fingerprint density at radius 2 is 1.75 bits per heavy atom. The van der Waals surface area contributed by atoms with E-state index in [1.165, 1.54) is 0 Å². The number of hydrogen-bond donors (Lipinski definition) is 1. The number of benzene rings is 2. The first-order valence-electron chi connectivity index (χ1n) is 10.5. The van der Waals surface area contributed by atoms with Crippen LogP contribution in [0.1, 0.15) is 20.7 Å². The molecule has 9 heteroatoms. The molecule has 0 aromatic heterocycles. The lowest BCUT2D eigenvalue weighted by Gasteiger charge is -2.35. The highest BCUT2D eigenvalue weighted by atomic mass is 16.7. The van der Waals surface area contributed by atoms with E-state index in [2.05, 4.69) is 10.2 Å². The molecule has 0 unspecified atom stereocenters. The molecule has 1 fully saturated rings. The average molecular weight is 441 g/mol. The van der Waals surface area contributed by atoms with Gasteiger partial charge >= 0.3 is 0 Å². The summed E-state index contributed by atoms with van der Waals surface area (Å²) in [4.78, 5) is 29.4. The lowest BCUT2D eigenvalue weighted by atomic mass is 10.1. The Hall–Kier alpha value is -3.46. The summed E-state index contributed by atoms with van der Waals surface area (Å²) >= 11 is 0. The molecule has 2 aromatic rings. The van der Waals surface area contributed by atoms with Crippen molar-refractivity contribution in [3.05, 3.63) is 47.5 Å². The standard InChI is InChI=1S/C23H27N3O6/c1-29-17-4-5-18(20(14-17)30-2)23(28)26-11-9-25(10-12-26)8-7-24-22(27)16-3-6-19-21(13-16)32-15-31-19/h3-6,13-14H,7-12,15H2,1-2H3,(H,24,27). The van der Waals surface area contributed by atoms with Gasteiger partial charge in [-0.05, 0) is 30.3 Å². The van der Waals surface area contributed by atoms with E-state index in [4.69, 9.17) is 18.9 Å². The van der Waals surface area contributed by atoms with Crippen LogP contribution < -0.4 is 24.3 Å². The number of nitrogens with zero attached hydrogens (tertiary/aromatic N) is 2. The average Bonchev–Trinajstić information content (AvgIpc) is 3.31. The molecule has 2 aliphatic rings. The molecule has 2 amide bonds. The molecule has 2 heterocycles. The summed E-state index contributed by atoms with van der Waals surface area (Å²) in [5.74, 6) is 2.19. The fraction of sp³-hybridized carbons (Fsp3) is 0.391. The van der Waals surface area contributed by atoms with Crippen LogP contribution in [0.25, 0.3) is 0 Å². The van der Waals surface area contributed by atoms with Crippen LogP contribution in [0, 0.1) is 0 Å². The lowest BCUT2D eigenvalue weighted by molar-refractivity contribution is 0.0634. The summed E-state index contributed by atoms with van der Waals surface area (Å²) in [6.45, 7) is 4.13. The molecule has 32 heavy (non-hydrogen) atoms. The SMILES string of the molecule is COc1ccc(C(=O)N2CCN(CCNC(=O)c3ccc4c(c3)OCO4)CC2)c(OC)c1. The van der Waals surface area contributed by atoms with Crippen LogP contribution in [0.5, 0.6) is 23.0 Å². The normalized spacial score (nSPS) is 15.4. The van der Waals surface area contributed by atoms with Crippen molar-refractivity contribution >= 4 is 11.8 Å². The molecule has 0 radical (unpaired) electrons. The number of methoxy groups -OCH3 is 2. The van der Waals surface area contributed by atoms with E-state index in [1.54, 1.807) is 50.6 Å². The van der Waals surface area contributed by atoms with Gasteiger partial charge in [0.2, 0.25) is 6.79 Å². The quantitative estimate of drug-likeness (QED) is 0.698. The first-order valence-corrected chi connectivity index (χ1v) is 10.5. The first kappa shape index (κ1) is 21.8. The van der Waals surface area contributed by atoms with E-state index in [1.807, 2.05) is 4.90 Å². The van der Waals surface area contributed by atoms with Gasteiger partial charge in [-0.15, -0.1) is 0 Å². The van der Waals surface area contributed by atoms with Crippen LogP contribution in [0.2, 0.25) is 0 Å². The number of carbonyl (C=O) groups is 2. The molecular weight excluding hydrogens is 414 g/mol. The Balaban J connectivity index is 1.24. The van der Waals surface area contributed by atoms with Crippen LogP contribution in [0.15, 0.2) is 36.4 Å². The smallest absolute Gasteiger partial charge is 0.257 e. The van der Waals surface area contributed by atoms with Crippen LogP contribution in [0.4, 0.5) is 0 Å². The second kappa shape index (κ2) is 9.78. The maximum Gasteiger partial charge on any atom is 0.257 e. The highest BCUT2D eigenvalue weighted by Gasteiger charge is 2.24. The van der Waals surface area contributed by atoms with Gasteiger partial charge in [0, 0.05) is 50.9 Å². The molecule has 2 aromatic carbocycles. The second-order valence-electron chi connectivity index (χ2n) is 7.52. The Morgan fingerprint density at radius 3 is 2.50 bits per heavy atom. The van der Waals surface area contributed by atoms with E-state index in [0.717, 1.165) is 13.1 Å². The molecule has 0 bridgehead atoms. The molecule has 4 rings (SSSR count). The van der Waals surface area contributed by atoms with Crippen molar-refractivity contribution in [2.24, 2.45) is 0 Å². The van der Waals surface area contributed by atoms with Gasteiger partial charge in [0.15, 0.2) is 11.5 Å². The van der Waals surface area contributed by atoms with Gasteiger partial charge in [-0.2, -0.15) is 0 Å². The fourth-order valence-electron chi connectivity index (χ4n) is 3.79. The summed E-state index contributed by atoms with van der Waals surface area (Å²) in [6.07, 6.45) is 0. The number of hydrogen-bond acceptors (Lipinski definition) is 7. The van der Waals surface area contributed by atoms with E-state index >= 15 is 0 Å². The Kier molecular flexibility index (Phi) is 6.65. The van der Waals surface area contributed by atoms with E-state index in [-0.39, 0.29) is 18.6 Å². The summed E-state index contributed by atoms with van der Waals surface area (Å²) in [5.41, 5.74) is 1.07. The third-order valence-corrected chi connectivity index (χ3v) is 5.65. The van der Waals surface area contributed by atoms with Crippen molar-refractivity contribution in [3.63, 3.8) is 0 Å². The van der Waals surface area contributed by atoms with Crippen molar-refractivity contribution < 1.29 is 28.5 Å². The summed E-state index contributed by atoms with van der Waals surface area (Å²) < 4.78 is 21.2. The lowest BCUT2D eigenvalue weighted by Crippen LogP contribution is -2.50. The number of amides is 2. The zero-order chi connectivity index (χ0) is 22.5. The van der Waals surface area contributed by atoms with E-state index in [0.29, 0.717) is 60.3 Å². The van der Waals surface area contributed by atoms with Gasteiger partial charge in [-0.25, -0.2) is 0 Å². The third-order valence-electron chi connectivity index (χ3n) is 5.65. The number of fused-ring (bicyclic) bond motifs is 1. The number of nitrogens with one attached hydrogen (secondary N) is 1. The highest BCUT2D eigenvalue weighted by molar-refractivity contribution is 5.97. The molecule has 0 aliphatic carbocycles. The summed E-state index contributed by atoms with van der Waals surface area (Å²) in [5, 5.41) is 2.94. The first-order chi connectivity index (χ1) is 15.6. The number of piperazine rings is 1. The minimum absolute atomic E-state index is 0.0553. The zero-order valence-electron chi connectivity index (χ0n) is 18.3. The maximum absolute atomic E-state index is 12.9. The predicted molar refractivity (Wildman–Crippen MR) is 117 cm³/mol. The highest BCUT2D eigenvalue weighted by Crippen LogP contribution is 2.32. The van der Waals surface area contributed by atoms with Gasteiger partial charge < -0.3 is 29.2 Å². The molecule has 0 atom stereocenters. The van der Waals surface area contributed by atoms with Crippen LogP contribution in [-0.2, 0) is 0 Å². The minimum Gasteiger partial charge on any atom is -0.497 e. The van der Waals surface area contributed by atoms with Crippen molar-refractivity contribution in [1.82, 2.24) is 15.1 Å². The van der Waals surface area contributed by atoms with Crippen LogP contribution >= 0.6 is 0 Å². The zero-order valence-corrected chi connectivity index (χ0v) is 18.3. The van der Waals surface area contributed by atoms with Gasteiger partial charge in [0.1, 0.15) is 11.5 Å². The van der Waals surface area contributed by atoms with Crippen molar-refractivity contribution in [3.8, 4) is 23.0 Å². The minimum atomic E-state index is -0.149. The largest absolute Gasteiger partial charge is 0.497 e. The van der Waals surface area contributed by atoms with Gasteiger partial charge in [0.05, 0.1) is 19.8 Å². The molecule has 0 spiro atoms. The Morgan fingerprint density at radius 1 is 0.969 bits per heavy atom. The second-order valence-corrected chi connectivity index (χ2v) is 7.52. The topological polar surface area (TPSA) is 89.6 Å². The van der Waals surface area contributed by atoms with Crippen molar-refractivity contribution in [2.45, 2.75) is 0 Å². The molecule has 9 nitrogen and oxygen atoms in total. The molecule has 0 saturated carbocycles. The Bertz CT molecular complexity index is 988. The molecule has 170 valence electrons. The van der Waals surface area contributed by atoms with Crippen LogP contribution in [0.3, 0.4) is 0 Å². The van der Waals surface area contributed by atoms with Gasteiger partial charge in [-0.3, -0.25) is 14.5 Å². The molecule has 1 N–H and O–H groups in total. The maximum atomic E-state index is 12.9. The molecule has 2 aliphatic heterocycles. The van der Waals surface area contributed by atoms with E-state index in [9.17, 15) is 9.59 Å². The monoisotopic (exact) mass is 441 g/mol. The summed E-state index contributed by atoms with van der Waals surface area (Å²) in [6, 6.07) is 10.4. The van der Waals surface area contributed by atoms with Gasteiger partial charge in [0.25, 0.3) is 11.8 Å². The van der Waals surface area contributed by atoms with E-state index < -0.39 is 0 Å². The Labute approximate surface area is 186 Å². The van der Waals surface area contributed by atoms with Gasteiger partial charge in [-0.1, -0.05) is 0 Å². The molecule has 1 saturated heterocycles. The molecular formula is C23H27N3O6.